The first-order chi connectivity index (χ1) is 13.1. The van der Waals surface area contributed by atoms with Gasteiger partial charge >= 0.3 is 0 Å². The molecule has 27 heavy (non-hydrogen) atoms. The number of nitrogens with one attached hydrogen (secondary N) is 1. The van der Waals surface area contributed by atoms with E-state index >= 15 is 0 Å². The number of phenolic OH excluding ortho intramolecular Hbond substituents is 1. The van der Waals surface area contributed by atoms with Crippen molar-refractivity contribution in [2.75, 3.05) is 31.5 Å². The average molecular weight is 366 g/mol. The van der Waals surface area contributed by atoms with Gasteiger partial charge in [0, 0.05) is 44.1 Å². The largest absolute Gasteiger partial charge is 0.508 e. The lowest BCUT2D eigenvalue weighted by Gasteiger charge is -2.33. The van der Waals surface area contributed by atoms with Crippen molar-refractivity contribution in [3.8, 4) is 11.8 Å². The van der Waals surface area contributed by atoms with Crippen LogP contribution in [0.25, 0.3) is 0 Å². The van der Waals surface area contributed by atoms with E-state index in [1.165, 1.54) is 24.6 Å². The maximum atomic E-state index is 12.3. The van der Waals surface area contributed by atoms with Gasteiger partial charge in [-0.1, -0.05) is 6.07 Å². The third kappa shape index (κ3) is 4.46. The first kappa shape index (κ1) is 18.1. The summed E-state index contributed by atoms with van der Waals surface area (Å²) in [6.45, 7) is 1.92. The fraction of sp³-hybridized carbons (Fsp3) is 0.211. The molecule has 1 aromatic carbocycles. The van der Waals surface area contributed by atoms with E-state index in [0.29, 0.717) is 37.6 Å². The van der Waals surface area contributed by atoms with Crippen LogP contribution in [0.1, 0.15) is 10.6 Å². The molecule has 3 rings (SSSR count). The standard InChI is InChI=1S/C19H18N4O4/c20-12-14(18(25)21-15-3-1-4-16(24)11-15)13-22-6-8-23(9-7-22)19(26)17-5-2-10-27-17/h1-5,10-11,13,24H,6-9H2,(H,21,25)/b14-13-. The minimum absolute atomic E-state index is 0.0210. The summed E-state index contributed by atoms with van der Waals surface area (Å²) in [6.07, 6.45) is 2.95. The molecule has 1 aliphatic rings. The van der Waals surface area contributed by atoms with Gasteiger partial charge in [-0.3, -0.25) is 9.59 Å². The van der Waals surface area contributed by atoms with E-state index in [1.54, 1.807) is 29.2 Å². The monoisotopic (exact) mass is 366 g/mol. The highest BCUT2D eigenvalue weighted by atomic mass is 16.3. The highest BCUT2D eigenvalue weighted by molar-refractivity contribution is 6.06. The van der Waals surface area contributed by atoms with Gasteiger partial charge in [-0.25, -0.2) is 0 Å². The smallest absolute Gasteiger partial charge is 0.289 e. The zero-order chi connectivity index (χ0) is 19.2. The quantitative estimate of drug-likeness (QED) is 0.631. The highest BCUT2D eigenvalue weighted by Crippen LogP contribution is 2.16. The number of carbonyl (C=O) groups excluding carboxylic acids is 2. The summed E-state index contributed by atoms with van der Waals surface area (Å²) in [5, 5.41) is 21.3. The van der Waals surface area contributed by atoms with E-state index in [-0.39, 0.29) is 17.2 Å². The first-order valence-electron chi connectivity index (χ1n) is 8.36. The van der Waals surface area contributed by atoms with E-state index < -0.39 is 5.91 Å². The fourth-order valence-corrected chi connectivity index (χ4v) is 2.71. The van der Waals surface area contributed by atoms with Crippen LogP contribution in [0.4, 0.5) is 5.69 Å². The molecule has 0 spiro atoms. The molecule has 2 N–H and O–H groups in total. The van der Waals surface area contributed by atoms with Gasteiger partial charge in [-0.05, 0) is 24.3 Å². The van der Waals surface area contributed by atoms with Crippen molar-refractivity contribution in [1.29, 1.82) is 5.26 Å². The minimum Gasteiger partial charge on any atom is -0.508 e. The van der Waals surface area contributed by atoms with Gasteiger partial charge in [-0.2, -0.15) is 5.26 Å². The van der Waals surface area contributed by atoms with Gasteiger partial charge in [0.15, 0.2) is 5.76 Å². The lowest BCUT2D eigenvalue weighted by Crippen LogP contribution is -2.47. The Labute approximate surface area is 155 Å². The van der Waals surface area contributed by atoms with Gasteiger partial charge in [0.05, 0.1) is 6.26 Å². The Morgan fingerprint density at radius 3 is 2.59 bits per heavy atom. The number of carbonyl (C=O) groups is 2. The van der Waals surface area contributed by atoms with Crippen LogP contribution in [0, 0.1) is 11.3 Å². The topological polar surface area (TPSA) is 110 Å². The van der Waals surface area contributed by atoms with Crippen molar-refractivity contribution in [2.45, 2.75) is 0 Å². The first-order valence-corrected chi connectivity index (χ1v) is 8.36. The number of phenols is 1. The molecule has 2 amide bonds. The average Bonchev–Trinajstić information content (AvgIpc) is 3.20. The van der Waals surface area contributed by atoms with Gasteiger partial charge in [-0.15, -0.1) is 0 Å². The van der Waals surface area contributed by atoms with Crippen LogP contribution in [0.5, 0.6) is 5.75 Å². The third-order valence-corrected chi connectivity index (χ3v) is 4.11. The second kappa shape index (κ2) is 8.10. The zero-order valence-electron chi connectivity index (χ0n) is 14.5. The molecule has 0 bridgehead atoms. The van der Waals surface area contributed by atoms with Crippen LogP contribution >= 0.6 is 0 Å². The fourth-order valence-electron chi connectivity index (χ4n) is 2.71. The summed E-state index contributed by atoms with van der Waals surface area (Å²) in [5.74, 6) is -0.419. The molecule has 138 valence electrons. The molecule has 1 saturated heterocycles. The van der Waals surface area contributed by atoms with Gasteiger partial charge in [0.1, 0.15) is 17.4 Å². The van der Waals surface area contributed by atoms with Crippen molar-refractivity contribution >= 4 is 17.5 Å². The summed E-state index contributed by atoms with van der Waals surface area (Å²) < 4.78 is 5.12. The molecule has 0 aliphatic carbocycles. The second-order valence-corrected chi connectivity index (χ2v) is 5.96. The molecular weight excluding hydrogens is 348 g/mol. The molecule has 8 heteroatoms. The molecule has 1 aliphatic heterocycles. The number of piperazine rings is 1. The van der Waals surface area contributed by atoms with E-state index in [0.717, 1.165) is 0 Å². The third-order valence-electron chi connectivity index (χ3n) is 4.11. The summed E-state index contributed by atoms with van der Waals surface area (Å²) >= 11 is 0. The number of rotatable bonds is 4. The number of nitrogens with zero attached hydrogens (tertiary/aromatic N) is 3. The van der Waals surface area contributed by atoms with Gasteiger partial charge in [0.2, 0.25) is 0 Å². The van der Waals surface area contributed by atoms with Crippen LogP contribution in [0.3, 0.4) is 0 Å². The Morgan fingerprint density at radius 2 is 1.96 bits per heavy atom. The maximum Gasteiger partial charge on any atom is 0.289 e. The van der Waals surface area contributed by atoms with Crippen LogP contribution < -0.4 is 5.32 Å². The number of nitriles is 1. The van der Waals surface area contributed by atoms with E-state index in [9.17, 15) is 20.0 Å². The molecule has 1 aromatic heterocycles. The van der Waals surface area contributed by atoms with Crippen molar-refractivity contribution in [2.24, 2.45) is 0 Å². The van der Waals surface area contributed by atoms with Crippen molar-refractivity contribution in [3.63, 3.8) is 0 Å². The van der Waals surface area contributed by atoms with E-state index in [1.807, 2.05) is 11.0 Å². The number of anilines is 1. The van der Waals surface area contributed by atoms with Crippen molar-refractivity contribution in [1.82, 2.24) is 9.80 Å². The summed E-state index contributed by atoms with van der Waals surface area (Å²) in [4.78, 5) is 28.0. The van der Waals surface area contributed by atoms with Crippen LogP contribution in [0.15, 0.2) is 58.9 Å². The molecule has 2 heterocycles. The Morgan fingerprint density at radius 1 is 1.19 bits per heavy atom. The Balaban J connectivity index is 1.59. The Hall–Kier alpha value is -3.73. The van der Waals surface area contributed by atoms with E-state index in [2.05, 4.69) is 5.32 Å². The Bertz CT molecular complexity index is 891. The number of amides is 2. The number of benzene rings is 1. The predicted octanol–water partition coefficient (Wildman–Crippen LogP) is 1.79. The summed E-state index contributed by atoms with van der Waals surface area (Å²) in [6, 6.07) is 11.3. The normalized spacial score (nSPS) is 14.6. The Kier molecular flexibility index (Phi) is 5.42. The molecule has 0 atom stereocenters. The van der Waals surface area contributed by atoms with Gasteiger partial charge in [0.25, 0.3) is 11.8 Å². The van der Waals surface area contributed by atoms with Gasteiger partial charge < -0.3 is 24.6 Å². The number of hydrogen-bond acceptors (Lipinski definition) is 6. The van der Waals surface area contributed by atoms with E-state index in [4.69, 9.17) is 4.42 Å². The summed E-state index contributed by atoms with van der Waals surface area (Å²) in [7, 11) is 0. The minimum atomic E-state index is -0.558. The number of hydrogen-bond donors (Lipinski definition) is 2. The predicted molar refractivity (Wildman–Crippen MR) is 96.6 cm³/mol. The van der Waals surface area contributed by atoms with Crippen LogP contribution in [0.2, 0.25) is 0 Å². The lowest BCUT2D eigenvalue weighted by molar-refractivity contribution is -0.112. The molecule has 0 radical (unpaired) electrons. The molecule has 2 aromatic rings. The molecule has 0 unspecified atom stereocenters. The molecule has 1 fully saturated rings. The molecule has 8 nitrogen and oxygen atoms in total. The SMILES string of the molecule is N#C/C(=C/N1CCN(C(=O)c2ccco2)CC1)C(=O)Nc1cccc(O)c1. The maximum absolute atomic E-state index is 12.3. The van der Waals surface area contributed by atoms with Crippen molar-refractivity contribution in [3.05, 3.63) is 60.2 Å². The number of aromatic hydroxyl groups is 1. The summed E-state index contributed by atoms with van der Waals surface area (Å²) in [5.41, 5.74) is 0.346. The van der Waals surface area contributed by atoms with Crippen LogP contribution in [-0.4, -0.2) is 52.9 Å². The highest BCUT2D eigenvalue weighted by Gasteiger charge is 2.23. The molecular formula is C19H18N4O4. The molecule has 0 saturated carbocycles. The number of furan rings is 1. The van der Waals surface area contributed by atoms with Crippen LogP contribution in [-0.2, 0) is 4.79 Å². The zero-order valence-corrected chi connectivity index (χ0v) is 14.5. The van der Waals surface area contributed by atoms with Crippen molar-refractivity contribution < 1.29 is 19.1 Å². The lowest BCUT2D eigenvalue weighted by atomic mass is 10.2. The second-order valence-electron chi connectivity index (χ2n) is 5.96.